The molecule has 0 heterocycles. The molecular formula is C16H26N2O2. The number of carbonyl (C=O) groups is 1. The lowest BCUT2D eigenvalue weighted by Crippen LogP contribution is -2.39. The molecule has 0 unspecified atom stereocenters. The van der Waals surface area contributed by atoms with Crippen LogP contribution in [-0.4, -0.2) is 49.0 Å². The van der Waals surface area contributed by atoms with Crippen LogP contribution in [0.4, 0.5) is 0 Å². The molecule has 4 heteroatoms. The van der Waals surface area contributed by atoms with Gasteiger partial charge in [0.25, 0.3) is 0 Å². The van der Waals surface area contributed by atoms with E-state index in [1.807, 2.05) is 64.0 Å². The van der Waals surface area contributed by atoms with E-state index in [1.165, 1.54) is 0 Å². The average molecular weight is 278 g/mol. The second-order valence-electron chi connectivity index (χ2n) is 5.31. The Kier molecular flexibility index (Phi) is 6.52. The number of amides is 1. The predicted molar refractivity (Wildman–Crippen MR) is 81.9 cm³/mol. The maximum atomic E-state index is 12.0. The van der Waals surface area contributed by atoms with E-state index in [4.69, 9.17) is 4.74 Å². The molecule has 1 rings (SSSR count). The van der Waals surface area contributed by atoms with Gasteiger partial charge >= 0.3 is 0 Å². The standard InChI is InChI=1S/C16H26N2O2/c1-6-20-15-10-8-7-9-14(15)11-17(4)12-16(19)18(5)13(2)3/h7-10,13H,6,11-12H2,1-5H3. The van der Waals surface area contributed by atoms with Crippen LogP contribution in [0.1, 0.15) is 26.3 Å². The fraction of sp³-hybridized carbons (Fsp3) is 0.562. The summed E-state index contributed by atoms with van der Waals surface area (Å²) in [5.74, 6) is 1.03. The summed E-state index contributed by atoms with van der Waals surface area (Å²) in [6.45, 7) is 7.77. The van der Waals surface area contributed by atoms with E-state index in [9.17, 15) is 4.79 Å². The lowest BCUT2D eigenvalue weighted by atomic mass is 10.2. The van der Waals surface area contributed by atoms with Gasteiger partial charge in [-0.15, -0.1) is 0 Å². The van der Waals surface area contributed by atoms with Gasteiger partial charge in [-0.3, -0.25) is 9.69 Å². The maximum Gasteiger partial charge on any atom is 0.236 e. The normalized spacial score (nSPS) is 10.9. The maximum absolute atomic E-state index is 12.0. The second kappa shape index (κ2) is 7.90. The van der Waals surface area contributed by atoms with Crippen molar-refractivity contribution in [3.63, 3.8) is 0 Å². The molecule has 0 aliphatic heterocycles. The number of nitrogens with zero attached hydrogens (tertiary/aromatic N) is 2. The first-order chi connectivity index (χ1) is 9.45. The third kappa shape index (κ3) is 4.85. The zero-order valence-electron chi connectivity index (χ0n) is 13.2. The minimum atomic E-state index is 0.136. The summed E-state index contributed by atoms with van der Waals surface area (Å²) >= 11 is 0. The topological polar surface area (TPSA) is 32.8 Å². The first-order valence-corrected chi connectivity index (χ1v) is 7.10. The molecule has 0 radical (unpaired) electrons. The molecule has 0 bridgehead atoms. The molecule has 1 amide bonds. The Hall–Kier alpha value is -1.55. The van der Waals surface area contributed by atoms with Crippen molar-refractivity contribution >= 4 is 5.91 Å². The number of carbonyl (C=O) groups excluding carboxylic acids is 1. The SMILES string of the molecule is CCOc1ccccc1CN(C)CC(=O)N(C)C(C)C. The third-order valence-corrected chi connectivity index (χ3v) is 3.29. The third-order valence-electron chi connectivity index (χ3n) is 3.29. The molecule has 4 nitrogen and oxygen atoms in total. The van der Waals surface area contributed by atoms with Crippen LogP contribution in [0.3, 0.4) is 0 Å². The zero-order chi connectivity index (χ0) is 15.1. The highest BCUT2D eigenvalue weighted by Crippen LogP contribution is 2.19. The van der Waals surface area contributed by atoms with Gasteiger partial charge in [0.1, 0.15) is 5.75 Å². The van der Waals surface area contributed by atoms with E-state index >= 15 is 0 Å². The summed E-state index contributed by atoms with van der Waals surface area (Å²) in [4.78, 5) is 15.8. The Bertz CT molecular complexity index is 432. The lowest BCUT2D eigenvalue weighted by molar-refractivity contribution is -0.132. The molecule has 0 fully saturated rings. The summed E-state index contributed by atoms with van der Waals surface area (Å²) in [7, 11) is 3.80. The summed E-state index contributed by atoms with van der Waals surface area (Å²) in [5.41, 5.74) is 1.11. The van der Waals surface area contributed by atoms with E-state index in [1.54, 1.807) is 4.90 Å². The molecule has 0 aliphatic rings. The summed E-state index contributed by atoms with van der Waals surface area (Å²) in [5, 5.41) is 0. The van der Waals surface area contributed by atoms with Gasteiger partial charge in [0.15, 0.2) is 0 Å². The number of hydrogen-bond acceptors (Lipinski definition) is 3. The monoisotopic (exact) mass is 278 g/mol. The molecule has 0 saturated carbocycles. The minimum Gasteiger partial charge on any atom is -0.494 e. The molecule has 20 heavy (non-hydrogen) atoms. The van der Waals surface area contributed by atoms with E-state index in [2.05, 4.69) is 0 Å². The summed E-state index contributed by atoms with van der Waals surface area (Å²) in [6.07, 6.45) is 0. The Balaban J connectivity index is 2.62. The Morgan fingerprint density at radius 1 is 1.25 bits per heavy atom. The highest BCUT2D eigenvalue weighted by molar-refractivity contribution is 5.78. The van der Waals surface area contributed by atoms with Crippen LogP contribution in [0.2, 0.25) is 0 Å². The molecule has 0 N–H and O–H groups in total. The first kappa shape index (κ1) is 16.5. The van der Waals surface area contributed by atoms with Crippen molar-refractivity contribution in [2.75, 3.05) is 27.2 Å². The number of benzene rings is 1. The fourth-order valence-electron chi connectivity index (χ4n) is 1.91. The molecule has 0 spiro atoms. The van der Waals surface area contributed by atoms with Gasteiger partial charge in [-0.25, -0.2) is 0 Å². The molecule has 112 valence electrons. The van der Waals surface area contributed by atoms with Gasteiger partial charge in [-0.2, -0.15) is 0 Å². The van der Waals surface area contributed by atoms with Crippen molar-refractivity contribution in [1.82, 2.24) is 9.80 Å². The van der Waals surface area contributed by atoms with Gasteiger partial charge in [-0.05, 0) is 33.9 Å². The summed E-state index contributed by atoms with van der Waals surface area (Å²) in [6, 6.07) is 8.19. The largest absolute Gasteiger partial charge is 0.494 e. The van der Waals surface area contributed by atoms with Crippen LogP contribution in [0.15, 0.2) is 24.3 Å². The molecule has 0 atom stereocenters. The summed E-state index contributed by atoms with van der Waals surface area (Å²) < 4.78 is 5.61. The van der Waals surface area contributed by atoms with Gasteiger partial charge in [0.2, 0.25) is 5.91 Å². The lowest BCUT2D eigenvalue weighted by Gasteiger charge is -2.25. The fourth-order valence-corrected chi connectivity index (χ4v) is 1.91. The van der Waals surface area contributed by atoms with Crippen LogP contribution >= 0.6 is 0 Å². The van der Waals surface area contributed by atoms with Gasteiger partial charge in [0.05, 0.1) is 13.2 Å². The van der Waals surface area contributed by atoms with Crippen LogP contribution in [-0.2, 0) is 11.3 Å². The molecular weight excluding hydrogens is 252 g/mol. The molecule has 0 aliphatic carbocycles. The van der Waals surface area contributed by atoms with Crippen molar-refractivity contribution in [3.8, 4) is 5.75 Å². The van der Waals surface area contributed by atoms with Gasteiger partial charge in [-0.1, -0.05) is 18.2 Å². The Morgan fingerprint density at radius 2 is 1.90 bits per heavy atom. The van der Waals surface area contributed by atoms with Crippen molar-refractivity contribution in [1.29, 1.82) is 0 Å². The highest BCUT2D eigenvalue weighted by atomic mass is 16.5. The van der Waals surface area contributed by atoms with Crippen molar-refractivity contribution in [3.05, 3.63) is 29.8 Å². The van der Waals surface area contributed by atoms with Crippen LogP contribution in [0.25, 0.3) is 0 Å². The second-order valence-corrected chi connectivity index (χ2v) is 5.31. The number of hydrogen-bond donors (Lipinski definition) is 0. The van der Waals surface area contributed by atoms with Crippen molar-refractivity contribution in [2.45, 2.75) is 33.4 Å². The quantitative estimate of drug-likeness (QED) is 0.767. The van der Waals surface area contributed by atoms with Crippen LogP contribution in [0, 0.1) is 0 Å². The Morgan fingerprint density at radius 3 is 2.50 bits per heavy atom. The number of ether oxygens (including phenoxy) is 1. The van der Waals surface area contributed by atoms with E-state index < -0.39 is 0 Å². The highest BCUT2D eigenvalue weighted by Gasteiger charge is 2.15. The number of para-hydroxylation sites is 1. The van der Waals surface area contributed by atoms with Crippen molar-refractivity contribution < 1.29 is 9.53 Å². The zero-order valence-corrected chi connectivity index (χ0v) is 13.2. The van der Waals surface area contributed by atoms with Crippen LogP contribution < -0.4 is 4.74 Å². The molecule has 1 aromatic rings. The predicted octanol–water partition coefficient (Wildman–Crippen LogP) is 2.38. The van der Waals surface area contributed by atoms with E-state index in [0.717, 1.165) is 11.3 Å². The minimum absolute atomic E-state index is 0.136. The number of likely N-dealkylation sites (N-methyl/N-ethyl adjacent to an activating group) is 2. The molecule has 0 aromatic heterocycles. The molecule has 1 aromatic carbocycles. The average Bonchev–Trinajstić information content (AvgIpc) is 2.40. The van der Waals surface area contributed by atoms with E-state index in [0.29, 0.717) is 19.7 Å². The van der Waals surface area contributed by atoms with Crippen LogP contribution in [0.5, 0.6) is 5.75 Å². The van der Waals surface area contributed by atoms with Crippen molar-refractivity contribution in [2.24, 2.45) is 0 Å². The van der Waals surface area contributed by atoms with Gasteiger partial charge < -0.3 is 9.64 Å². The first-order valence-electron chi connectivity index (χ1n) is 7.10. The molecule has 0 saturated heterocycles. The van der Waals surface area contributed by atoms with E-state index in [-0.39, 0.29) is 11.9 Å². The van der Waals surface area contributed by atoms with Gasteiger partial charge in [0, 0.05) is 25.2 Å². The smallest absolute Gasteiger partial charge is 0.236 e. The number of rotatable bonds is 7. The Labute approximate surface area is 122 Å².